The summed E-state index contributed by atoms with van der Waals surface area (Å²) in [4.78, 5) is 39.4. The molecule has 0 heterocycles. The third-order valence-corrected chi connectivity index (χ3v) is 11.4. The summed E-state index contributed by atoms with van der Waals surface area (Å²) in [5.41, 5.74) is -4.93. The minimum atomic E-state index is -1.65. The van der Waals surface area contributed by atoms with Gasteiger partial charge in [-0.3, -0.25) is 14.4 Å². The fourth-order valence-corrected chi connectivity index (χ4v) is 9.47. The lowest BCUT2D eigenvalue weighted by Crippen LogP contribution is -2.59. The van der Waals surface area contributed by atoms with Crippen LogP contribution >= 0.6 is 0 Å². The highest BCUT2D eigenvalue weighted by Gasteiger charge is 2.96. The largest absolute Gasteiger partial charge is 0.462 e. The standard InChI is InChI=1S/C36H56O8/c1-7-8-9-10-11-12-13-14-15-16-17-18-30(39)43-28-20-26(22-37)21-29-34(24(28)3)31(36(34,42)33(5,6)41)27-19-23(2)32(40)35(27,29)44-25(4)38/h19,21,24,27-29,31,37,41-42H,7-18,20,22H2,1-6H3. The van der Waals surface area contributed by atoms with Gasteiger partial charge in [-0.1, -0.05) is 90.2 Å². The average Bonchev–Trinajstić information content (AvgIpc) is 3.39. The molecule has 0 amide bonds. The molecule has 0 bridgehead atoms. The first-order valence-corrected chi connectivity index (χ1v) is 17.1. The Bertz CT molecular complexity index is 1150. The molecule has 0 aromatic heterocycles. The Balaban J connectivity index is 1.48. The van der Waals surface area contributed by atoms with Gasteiger partial charge >= 0.3 is 11.9 Å². The maximum atomic E-state index is 13.8. The Morgan fingerprint density at radius 3 is 2.09 bits per heavy atom. The number of Topliss-reactive ketones (excluding diaryl/α,β-unsaturated/α-hetero) is 1. The summed E-state index contributed by atoms with van der Waals surface area (Å²) >= 11 is 0. The molecule has 0 saturated heterocycles. The molecule has 0 radical (unpaired) electrons. The van der Waals surface area contributed by atoms with E-state index in [1.54, 1.807) is 32.9 Å². The molecule has 8 unspecified atom stereocenters. The molecular formula is C36H56O8. The van der Waals surface area contributed by atoms with Gasteiger partial charge in [-0.25, -0.2) is 0 Å². The van der Waals surface area contributed by atoms with Gasteiger partial charge in [0.1, 0.15) is 11.7 Å². The van der Waals surface area contributed by atoms with Crippen LogP contribution in [0.4, 0.5) is 0 Å². The number of hydrogen-bond donors (Lipinski definition) is 3. The van der Waals surface area contributed by atoms with Crippen LogP contribution in [0.1, 0.15) is 125 Å². The number of aliphatic hydroxyl groups is 3. The molecule has 0 aromatic rings. The van der Waals surface area contributed by atoms with Gasteiger partial charge < -0.3 is 24.8 Å². The first-order valence-electron chi connectivity index (χ1n) is 17.1. The van der Waals surface area contributed by atoms with Crippen LogP contribution in [0, 0.1) is 29.1 Å². The van der Waals surface area contributed by atoms with Crippen LogP contribution in [0.3, 0.4) is 0 Å². The maximum absolute atomic E-state index is 13.8. The van der Waals surface area contributed by atoms with Crippen LogP contribution in [0.2, 0.25) is 0 Å². The summed E-state index contributed by atoms with van der Waals surface area (Å²) in [6, 6.07) is 0. The van der Waals surface area contributed by atoms with Gasteiger partial charge in [-0.15, -0.1) is 0 Å². The summed E-state index contributed by atoms with van der Waals surface area (Å²) < 4.78 is 12.1. The fourth-order valence-electron chi connectivity index (χ4n) is 9.47. The number of fused-ring (bicyclic) bond motifs is 3. The van der Waals surface area contributed by atoms with E-state index in [2.05, 4.69) is 6.92 Å². The molecule has 4 rings (SSSR count). The van der Waals surface area contributed by atoms with Crippen LogP contribution in [-0.2, 0) is 23.9 Å². The highest BCUT2D eigenvalue weighted by molar-refractivity contribution is 6.07. The van der Waals surface area contributed by atoms with Gasteiger partial charge in [-0.05, 0) is 38.3 Å². The molecule has 2 saturated carbocycles. The lowest BCUT2D eigenvalue weighted by Gasteiger charge is -2.45. The SMILES string of the molecule is CCCCCCCCCCCCCC(=O)OC1CC(CO)=CC2C3(OC(C)=O)C(=O)C(C)=CC3C3C2(C1C)C3(O)C(C)(C)O. The van der Waals surface area contributed by atoms with Crippen LogP contribution < -0.4 is 0 Å². The van der Waals surface area contributed by atoms with E-state index in [0.29, 0.717) is 11.1 Å². The third kappa shape index (κ3) is 5.62. The van der Waals surface area contributed by atoms with Gasteiger partial charge in [0, 0.05) is 48.9 Å². The Morgan fingerprint density at radius 1 is 1.00 bits per heavy atom. The van der Waals surface area contributed by atoms with Crippen LogP contribution in [0.15, 0.2) is 23.3 Å². The summed E-state index contributed by atoms with van der Waals surface area (Å²) in [6.07, 6.45) is 16.4. The Labute approximate surface area is 263 Å². The van der Waals surface area contributed by atoms with Gasteiger partial charge in [0.15, 0.2) is 5.60 Å². The van der Waals surface area contributed by atoms with Gasteiger partial charge in [0.25, 0.3) is 0 Å². The molecular weight excluding hydrogens is 560 g/mol. The summed E-state index contributed by atoms with van der Waals surface area (Å²) in [5.74, 6) is -3.87. The molecule has 8 nitrogen and oxygen atoms in total. The van der Waals surface area contributed by atoms with E-state index in [4.69, 9.17) is 9.47 Å². The number of aliphatic hydroxyl groups excluding tert-OH is 1. The molecule has 4 aliphatic carbocycles. The van der Waals surface area contributed by atoms with E-state index in [1.807, 2.05) is 6.92 Å². The van der Waals surface area contributed by atoms with Crippen molar-refractivity contribution in [3.63, 3.8) is 0 Å². The Morgan fingerprint density at radius 2 is 1.57 bits per heavy atom. The van der Waals surface area contributed by atoms with Crippen molar-refractivity contribution in [1.29, 1.82) is 0 Å². The lowest BCUT2D eigenvalue weighted by atomic mass is 9.65. The highest BCUT2D eigenvalue weighted by Crippen LogP contribution is 2.86. The van der Waals surface area contributed by atoms with Crippen molar-refractivity contribution in [1.82, 2.24) is 0 Å². The second-order valence-electron chi connectivity index (χ2n) is 14.6. The van der Waals surface area contributed by atoms with Crippen LogP contribution in [-0.4, -0.2) is 62.6 Å². The van der Waals surface area contributed by atoms with Crippen molar-refractivity contribution in [2.75, 3.05) is 6.61 Å². The molecule has 0 aromatic carbocycles. The van der Waals surface area contributed by atoms with Crippen LogP contribution in [0.5, 0.6) is 0 Å². The number of rotatable bonds is 16. The molecule has 2 fully saturated rings. The topological polar surface area (TPSA) is 130 Å². The molecule has 248 valence electrons. The summed E-state index contributed by atoms with van der Waals surface area (Å²) in [7, 11) is 0. The number of hydrogen-bond acceptors (Lipinski definition) is 8. The normalized spacial score (nSPS) is 35.7. The summed E-state index contributed by atoms with van der Waals surface area (Å²) in [6.45, 7) is 9.84. The number of ketones is 1. The number of ether oxygens (including phenoxy) is 2. The number of carbonyl (C=O) groups is 3. The zero-order valence-electron chi connectivity index (χ0n) is 27.8. The molecule has 0 aliphatic heterocycles. The average molecular weight is 617 g/mol. The first kappa shape index (κ1) is 34.8. The fraction of sp³-hybridized carbons (Fsp3) is 0.806. The van der Waals surface area contributed by atoms with Crippen molar-refractivity contribution in [2.45, 2.75) is 148 Å². The summed E-state index contributed by atoms with van der Waals surface area (Å²) in [5, 5.41) is 34.1. The van der Waals surface area contributed by atoms with E-state index in [-0.39, 0.29) is 31.2 Å². The smallest absolute Gasteiger partial charge is 0.306 e. The van der Waals surface area contributed by atoms with E-state index in [0.717, 1.165) is 19.3 Å². The molecule has 44 heavy (non-hydrogen) atoms. The Hall–Kier alpha value is -2.03. The van der Waals surface area contributed by atoms with Gasteiger partial charge in [-0.2, -0.15) is 0 Å². The van der Waals surface area contributed by atoms with Crippen molar-refractivity contribution < 1.29 is 39.2 Å². The quantitative estimate of drug-likeness (QED) is 0.114. The van der Waals surface area contributed by atoms with E-state index in [9.17, 15) is 29.7 Å². The van der Waals surface area contributed by atoms with Crippen molar-refractivity contribution in [3.8, 4) is 0 Å². The third-order valence-electron chi connectivity index (χ3n) is 11.4. The molecule has 8 heteroatoms. The van der Waals surface area contributed by atoms with Gasteiger partial charge in [0.2, 0.25) is 5.78 Å². The zero-order chi connectivity index (χ0) is 32.5. The monoisotopic (exact) mass is 616 g/mol. The van der Waals surface area contributed by atoms with Gasteiger partial charge in [0.05, 0.1) is 12.2 Å². The Kier molecular flexibility index (Phi) is 10.6. The predicted octanol–water partition coefficient (Wildman–Crippen LogP) is 5.75. The van der Waals surface area contributed by atoms with E-state index < -0.39 is 58.0 Å². The predicted molar refractivity (Wildman–Crippen MR) is 167 cm³/mol. The second-order valence-corrected chi connectivity index (χ2v) is 14.6. The van der Waals surface area contributed by atoms with Crippen molar-refractivity contribution in [2.24, 2.45) is 29.1 Å². The molecule has 8 atom stereocenters. The minimum absolute atomic E-state index is 0.232. The van der Waals surface area contributed by atoms with E-state index in [1.165, 1.54) is 58.3 Å². The first-order chi connectivity index (χ1) is 20.7. The van der Waals surface area contributed by atoms with Crippen molar-refractivity contribution >= 4 is 17.7 Å². The number of unbranched alkanes of at least 4 members (excludes halogenated alkanes) is 10. The van der Waals surface area contributed by atoms with Crippen LogP contribution in [0.25, 0.3) is 0 Å². The number of esters is 2. The minimum Gasteiger partial charge on any atom is -0.462 e. The van der Waals surface area contributed by atoms with Crippen molar-refractivity contribution in [3.05, 3.63) is 23.3 Å². The van der Waals surface area contributed by atoms with E-state index >= 15 is 0 Å². The number of carbonyl (C=O) groups excluding carboxylic acids is 3. The zero-order valence-corrected chi connectivity index (χ0v) is 27.8. The molecule has 4 aliphatic rings. The molecule has 3 N–H and O–H groups in total. The lowest BCUT2D eigenvalue weighted by molar-refractivity contribution is -0.187. The second kappa shape index (κ2) is 13.4. The maximum Gasteiger partial charge on any atom is 0.306 e. The highest BCUT2D eigenvalue weighted by atomic mass is 16.6. The molecule has 1 spiro atoms.